The van der Waals surface area contributed by atoms with E-state index in [9.17, 15) is 8.78 Å². The van der Waals surface area contributed by atoms with Crippen molar-refractivity contribution >= 4 is 24.3 Å². The van der Waals surface area contributed by atoms with Crippen LogP contribution in [0, 0.1) is 11.6 Å². The molecule has 6 heteroatoms. The predicted molar refractivity (Wildman–Crippen MR) is 52.6 cm³/mol. The van der Waals surface area contributed by atoms with Crippen LogP contribution in [0.5, 0.6) is 0 Å². The second kappa shape index (κ2) is 4.77. The standard InChI is InChI=1S/C8H9BF2O2S/c1-2-14-8-6(10)4-3-5(7(8)11)9(12)13/h3-4,12-13H,2H2,1H3. The van der Waals surface area contributed by atoms with E-state index in [1.807, 2.05) is 0 Å². The molecule has 0 heterocycles. The molecule has 2 nitrogen and oxygen atoms in total. The number of thioether (sulfide) groups is 1. The van der Waals surface area contributed by atoms with Crippen molar-refractivity contribution < 1.29 is 18.8 Å². The van der Waals surface area contributed by atoms with Crippen LogP contribution < -0.4 is 5.46 Å². The molecule has 1 aromatic carbocycles. The Balaban J connectivity index is 3.19. The van der Waals surface area contributed by atoms with Crippen molar-refractivity contribution in [2.24, 2.45) is 0 Å². The second-order valence-electron chi connectivity index (χ2n) is 2.59. The van der Waals surface area contributed by atoms with Crippen molar-refractivity contribution in [2.45, 2.75) is 11.8 Å². The van der Waals surface area contributed by atoms with Crippen molar-refractivity contribution in [3.8, 4) is 0 Å². The zero-order valence-electron chi connectivity index (χ0n) is 7.50. The van der Waals surface area contributed by atoms with Crippen LogP contribution in [-0.2, 0) is 0 Å². The summed E-state index contributed by atoms with van der Waals surface area (Å²) < 4.78 is 26.4. The molecule has 0 aliphatic rings. The van der Waals surface area contributed by atoms with Crippen molar-refractivity contribution in [1.82, 2.24) is 0 Å². The lowest BCUT2D eigenvalue weighted by Crippen LogP contribution is -2.33. The summed E-state index contributed by atoms with van der Waals surface area (Å²) in [6, 6.07) is 2.05. The maximum Gasteiger partial charge on any atom is 0.491 e. The minimum atomic E-state index is -1.91. The number of benzene rings is 1. The summed E-state index contributed by atoms with van der Waals surface area (Å²) >= 11 is 0.988. The lowest BCUT2D eigenvalue weighted by atomic mass is 9.80. The van der Waals surface area contributed by atoms with Gasteiger partial charge >= 0.3 is 7.12 Å². The summed E-state index contributed by atoms with van der Waals surface area (Å²) in [4.78, 5) is -0.168. The monoisotopic (exact) mass is 218 g/mol. The van der Waals surface area contributed by atoms with Crippen LogP contribution in [0.3, 0.4) is 0 Å². The minimum Gasteiger partial charge on any atom is -0.423 e. The van der Waals surface area contributed by atoms with Crippen molar-refractivity contribution in [3.63, 3.8) is 0 Å². The quantitative estimate of drug-likeness (QED) is 0.581. The average Bonchev–Trinajstić information content (AvgIpc) is 2.11. The van der Waals surface area contributed by atoms with E-state index in [4.69, 9.17) is 10.0 Å². The average molecular weight is 218 g/mol. The second-order valence-corrected chi connectivity index (χ2v) is 3.86. The van der Waals surface area contributed by atoms with Crippen LogP contribution in [-0.4, -0.2) is 22.9 Å². The van der Waals surface area contributed by atoms with Gasteiger partial charge in [0.05, 0.1) is 4.90 Å². The first-order valence-electron chi connectivity index (χ1n) is 4.04. The van der Waals surface area contributed by atoms with E-state index >= 15 is 0 Å². The van der Waals surface area contributed by atoms with Gasteiger partial charge in [0.15, 0.2) is 0 Å². The first-order chi connectivity index (χ1) is 6.57. The van der Waals surface area contributed by atoms with Crippen LogP contribution in [0.25, 0.3) is 0 Å². The number of halogens is 2. The van der Waals surface area contributed by atoms with Crippen molar-refractivity contribution in [3.05, 3.63) is 23.8 Å². The Morgan fingerprint density at radius 3 is 2.50 bits per heavy atom. The van der Waals surface area contributed by atoms with E-state index in [1.54, 1.807) is 6.92 Å². The fourth-order valence-electron chi connectivity index (χ4n) is 1.02. The molecule has 14 heavy (non-hydrogen) atoms. The molecule has 0 amide bonds. The van der Waals surface area contributed by atoms with Gasteiger partial charge < -0.3 is 10.0 Å². The van der Waals surface area contributed by atoms with Gasteiger partial charge in [0.25, 0.3) is 0 Å². The first-order valence-corrected chi connectivity index (χ1v) is 5.03. The van der Waals surface area contributed by atoms with Crippen LogP contribution in [0.4, 0.5) is 8.78 Å². The van der Waals surface area contributed by atoms with E-state index in [1.165, 1.54) is 0 Å². The Kier molecular flexibility index (Phi) is 3.91. The molecular weight excluding hydrogens is 209 g/mol. The van der Waals surface area contributed by atoms with E-state index in [0.717, 1.165) is 23.9 Å². The van der Waals surface area contributed by atoms with E-state index in [-0.39, 0.29) is 10.4 Å². The molecule has 1 rings (SSSR count). The van der Waals surface area contributed by atoms with E-state index in [2.05, 4.69) is 0 Å². The molecule has 0 spiro atoms. The maximum atomic E-state index is 13.4. The molecule has 0 bridgehead atoms. The van der Waals surface area contributed by atoms with Gasteiger partial charge in [0.2, 0.25) is 0 Å². The SMILES string of the molecule is CCSc1c(F)ccc(B(O)O)c1F. The Morgan fingerprint density at radius 1 is 1.36 bits per heavy atom. The molecular formula is C8H9BF2O2S. The molecule has 0 aliphatic heterocycles. The zero-order chi connectivity index (χ0) is 10.7. The minimum absolute atomic E-state index is 0.168. The smallest absolute Gasteiger partial charge is 0.423 e. The van der Waals surface area contributed by atoms with Crippen LogP contribution in [0.15, 0.2) is 17.0 Å². The van der Waals surface area contributed by atoms with E-state index in [0.29, 0.717) is 5.75 Å². The van der Waals surface area contributed by atoms with Crippen LogP contribution in [0.1, 0.15) is 6.92 Å². The molecule has 0 fully saturated rings. The molecule has 0 atom stereocenters. The Hall–Kier alpha value is -0.585. The Morgan fingerprint density at radius 2 is 2.00 bits per heavy atom. The van der Waals surface area contributed by atoms with Gasteiger partial charge in [-0.3, -0.25) is 0 Å². The van der Waals surface area contributed by atoms with Gasteiger partial charge in [-0.1, -0.05) is 13.0 Å². The molecule has 0 unspecified atom stereocenters. The summed E-state index contributed by atoms with van der Waals surface area (Å²) in [7, 11) is -1.91. The molecule has 0 saturated carbocycles. The molecule has 0 radical (unpaired) electrons. The number of hydrogen-bond donors (Lipinski definition) is 2. The van der Waals surface area contributed by atoms with E-state index < -0.39 is 18.8 Å². The maximum absolute atomic E-state index is 13.4. The van der Waals surface area contributed by atoms with Gasteiger partial charge in [-0.15, -0.1) is 11.8 Å². The number of rotatable bonds is 3. The van der Waals surface area contributed by atoms with Crippen molar-refractivity contribution in [2.75, 3.05) is 5.75 Å². The van der Waals surface area contributed by atoms with Gasteiger partial charge in [-0.25, -0.2) is 8.78 Å². The van der Waals surface area contributed by atoms with Gasteiger partial charge in [0.1, 0.15) is 11.6 Å². The largest absolute Gasteiger partial charge is 0.491 e. The number of hydrogen-bond acceptors (Lipinski definition) is 3. The van der Waals surface area contributed by atoms with Crippen molar-refractivity contribution in [1.29, 1.82) is 0 Å². The highest BCUT2D eigenvalue weighted by atomic mass is 32.2. The summed E-state index contributed by atoms with van der Waals surface area (Å²) in [5, 5.41) is 17.5. The van der Waals surface area contributed by atoms with Gasteiger partial charge in [0, 0.05) is 5.46 Å². The lowest BCUT2D eigenvalue weighted by Gasteiger charge is -2.07. The topological polar surface area (TPSA) is 40.5 Å². The molecule has 2 N–H and O–H groups in total. The van der Waals surface area contributed by atoms with Gasteiger partial charge in [-0.2, -0.15) is 0 Å². The fraction of sp³-hybridized carbons (Fsp3) is 0.250. The summed E-state index contributed by atoms with van der Waals surface area (Å²) in [6.45, 7) is 1.76. The highest BCUT2D eigenvalue weighted by molar-refractivity contribution is 7.99. The summed E-state index contributed by atoms with van der Waals surface area (Å²) in [6.07, 6.45) is 0. The van der Waals surface area contributed by atoms with Crippen LogP contribution >= 0.6 is 11.8 Å². The lowest BCUT2D eigenvalue weighted by molar-refractivity contribution is 0.421. The third kappa shape index (κ3) is 2.26. The predicted octanol–water partition coefficient (Wildman–Crippen LogP) is 0.757. The molecule has 76 valence electrons. The summed E-state index contributed by atoms with van der Waals surface area (Å²) in [5.74, 6) is -1.07. The summed E-state index contributed by atoms with van der Waals surface area (Å²) in [5.41, 5.74) is -0.303. The normalized spacial score (nSPS) is 10.4. The molecule has 1 aromatic rings. The first kappa shape index (κ1) is 11.5. The highest BCUT2D eigenvalue weighted by Gasteiger charge is 2.21. The molecule has 0 aliphatic carbocycles. The van der Waals surface area contributed by atoms with Gasteiger partial charge in [-0.05, 0) is 11.8 Å². The Bertz CT molecular complexity index is 333. The fourth-order valence-corrected chi connectivity index (χ4v) is 1.76. The molecule has 0 aromatic heterocycles. The highest BCUT2D eigenvalue weighted by Crippen LogP contribution is 2.23. The third-order valence-electron chi connectivity index (χ3n) is 1.65. The third-order valence-corrected chi connectivity index (χ3v) is 2.60. The zero-order valence-corrected chi connectivity index (χ0v) is 8.31. The van der Waals surface area contributed by atoms with Crippen LogP contribution in [0.2, 0.25) is 0 Å². The molecule has 0 saturated heterocycles. The Labute approximate surface area is 85.1 Å².